The van der Waals surface area contributed by atoms with Gasteiger partial charge in [0, 0.05) is 56.4 Å². The lowest BCUT2D eigenvalue weighted by Gasteiger charge is -2.31. The Morgan fingerprint density at radius 3 is 2.60 bits per heavy atom. The summed E-state index contributed by atoms with van der Waals surface area (Å²) in [5.74, 6) is -0.388. The molecule has 40 heavy (non-hydrogen) atoms. The number of piperazine rings is 1. The minimum atomic E-state index is -0.259. The third-order valence-corrected chi connectivity index (χ3v) is 7.37. The molecule has 1 heterocycles. The van der Waals surface area contributed by atoms with E-state index in [1.807, 2.05) is 36.4 Å². The Morgan fingerprint density at radius 2 is 1.80 bits per heavy atom. The summed E-state index contributed by atoms with van der Waals surface area (Å²) >= 11 is 0. The van der Waals surface area contributed by atoms with Gasteiger partial charge in [0.25, 0.3) is 5.91 Å². The summed E-state index contributed by atoms with van der Waals surface area (Å²) in [7, 11) is 6.28. The van der Waals surface area contributed by atoms with Crippen molar-refractivity contribution in [2.45, 2.75) is 39.0 Å². The lowest BCUT2D eigenvalue weighted by atomic mass is 10.00. The van der Waals surface area contributed by atoms with E-state index in [-0.39, 0.29) is 11.7 Å². The molecule has 0 radical (unpaired) electrons. The predicted octanol–water partition coefficient (Wildman–Crippen LogP) is 4.60. The van der Waals surface area contributed by atoms with Crippen molar-refractivity contribution >= 4 is 5.91 Å². The van der Waals surface area contributed by atoms with Crippen molar-refractivity contribution < 1.29 is 9.18 Å². The van der Waals surface area contributed by atoms with Crippen molar-refractivity contribution in [3.05, 3.63) is 94.8 Å². The van der Waals surface area contributed by atoms with Gasteiger partial charge in [0.05, 0.1) is 0 Å². The average molecular weight is 546 g/mol. The smallest absolute Gasteiger partial charge is 0.251 e. The molecule has 1 saturated heterocycles. The van der Waals surface area contributed by atoms with Gasteiger partial charge < -0.3 is 20.4 Å². The van der Waals surface area contributed by atoms with Crippen LogP contribution < -0.4 is 10.6 Å². The maximum Gasteiger partial charge on any atom is 0.251 e. The maximum atomic E-state index is 14.9. The summed E-state index contributed by atoms with van der Waals surface area (Å²) in [6.07, 6.45) is 1.10. The first-order valence-electron chi connectivity index (χ1n) is 14.3. The van der Waals surface area contributed by atoms with E-state index in [1.54, 1.807) is 6.07 Å². The van der Waals surface area contributed by atoms with E-state index >= 15 is 0 Å². The fraction of sp³-hybridized carbons (Fsp3) is 0.424. The minimum Gasteiger partial charge on any atom is -0.348 e. The number of carbonyl (C=O) groups excluding carboxylic acids is 1. The zero-order valence-corrected chi connectivity index (χ0v) is 24.4. The van der Waals surface area contributed by atoms with Gasteiger partial charge in [0.2, 0.25) is 0 Å². The number of amides is 1. The van der Waals surface area contributed by atoms with Crippen molar-refractivity contribution in [1.82, 2.24) is 25.3 Å². The summed E-state index contributed by atoms with van der Waals surface area (Å²) in [6, 6.07) is 21.5. The first-order valence-corrected chi connectivity index (χ1v) is 14.3. The molecule has 7 heteroatoms. The Morgan fingerprint density at radius 1 is 1.00 bits per heavy atom. The summed E-state index contributed by atoms with van der Waals surface area (Å²) in [5, 5.41) is 6.49. The van der Waals surface area contributed by atoms with Crippen LogP contribution in [0.3, 0.4) is 0 Å². The van der Waals surface area contributed by atoms with E-state index in [0.717, 1.165) is 68.9 Å². The molecule has 1 aliphatic rings. The zero-order chi connectivity index (χ0) is 28.5. The molecular weight excluding hydrogens is 501 g/mol. The van der Waals surface area contributed by atoms with Crippen LogP contribution in [-0.2, 0) is 19.6 Å². The first-order chi connectivity index (χ1) is 19.3. The number of carbonyl (C=O) groups is 1. The molecule has 1 fully saturated rings. The topological polar surface area (TPSA) is 50.9 Å². The molecule has 1 aliphatic heterocycles. The Labute approximate surface area is 239 Å². The zero-order valence-electron chi connectivity index (χ0n) is 24.4. The fourth-order valence-electron chi connectivity index (χ4n) is 5.30. The lowest BCUT2D eigenvalue weighted by molar-refractivity contribution is 0.0950. The number of nitrogens with one attached hydrogen (secondary N) is 2. The van der Waals surface area contributed by atoms with Crippen LogP contribution in [0, 0.1) is 5.82 Å². The van der Waals surface area contributed by atoms with Crippen molar-refractivity contribution in [3.8, 4) is 11.1 Å². The van der Waals surface area contributed by atoms with Crippen LogP contribution in [0.5, 0.6) is 0 Å². The Kier molecular flexibility index (Phi) is 10.8. The van der Waals surface area contributed by atoms with Crippen LogP contribution in [0.1, 0.15) is 40.4 Å². The molecule has 6 nitrogen and oxygen atoms in total. The number of halogens is 1. The van der Waals surface area contributed by atoms with E-state index in [2.05, 4.69) is 71.6 Å². The molecule has 0 bridgehead atoms. The molecule has 1 amide bonds. The van der Waals surface area contributed by atoms with Crippen molar-refractivity contribution in [3.63, 3.8) is 0 Å². The highest BCUT2D eigenvalue weighted by Gasteiger charge is 2.16. The quantitative estimate of drug-likeness (QED) is 0.349. The standard InChI is InChI=1S/C33H44FN5O/c1-25-22-39(17-14-35-25)24-28-9-5-10-29(18-28)31-20-26(12-13-32(31)34)21-36-33(40)30-11-6-8-27(19-30)23-38(4)16-7-15-37(2)3/h5-6,8-13,18-20,25,35H,7,14-17,21-24H2,1-4H3,(H,36,40)/t25-/m0/s1. The van der Waals surface area contributed by atoms with Crippen LogP contribution in [0.15, 0.2) is 66.7 Å². The molecule has 3 aromatic rings. The molecule has 0 saturated carbocycles. The molecule has 0 unspecified atom stereocenters. The third-order valence-electron chi connectivity index (χ3n) is 7.37. The van der Waals surface area contributed by atoms with Gasteiger partial charge >= 0.3 is 0 Å². The summed E-state index contributed by atoms with van der Waals surface area (Å²) < 4.78 is 14.9. The normalized spacial score (nSPS) is 16.0. The molecule has 0 aliphatic carbocycles. The highest BCUT2D eigenvalue weighted by Crippen LogP contribution is 2.26. The monoisotopic (exact) mass is 545 g/mol. The van der Waals surface area contributed by atoms with Crippen LogP contribution in [0.2, 0.25) is 0 Å². The molecule has 3 aromatic carbocycles. The third kappa shape index (κ3) is 8.96. The molecule has 4 rings (SSSR count). The van der Waals surface area contributed by atoms with E-state index in [4.69, 9.17) is 0 Å². The number of nitrogens with zero attached hydrogens (tertiary/aromatic N) is 3. The van der Waals surface area contributed by atoms with Crippen molar-refractivity contribution in [2.24, 2.45) is 0 Å². The van der Waals surface area contributed by atoms with Gasteiger partial charge in [0.15, 0.2) is 0 Å². The molecule has 2 N–H and O–H groups in total. The molecular formula is C33H44FN5O. The predicted molar refractivity (Wildman–Crippen MR) is 162 cm³/mol. The maximum absolute atomic E-state index is 14.9. The van der Waals surface area contributed by atoms with E-state index in [1.165, 1.54) is 11.6 Å². The molecule has 0 aromatic heterocycles. The molecule has 214 valence electrons. The summed E-state index contributed by atoms with van der Waals surface area (Å²) in [6.45, 7) is 9.23. The van der Waals surface area contributed by atoms with E-state index in [9.17, 15) is 9.18 Å². The van der Waals surface area contributed by atoms with Gasteiger partial charge in [-0.05, 0) is 100 Å². The minimum absolute atomic E-state index is 0.129. The number of hydrogen-bond donors (Lipinski definition) is 2. The SMILES string of the molecule is C[C@H]1CN(Cc2cccc(-c3cc(CNC(=O)c4cccc(CN(C)CCCN(C)C)c4)ccc3F)c2)CCN1. The van der Waals surface area contributed by atoms with Gasteiger partial charge in [-0.15, -0.1) is 0 Å². The van der Waals surface area contributed by atoms with Crippen LogP contribution in [-0.4, -0.2) is 80.5 Å². The highest BCUT2D eigenvalue weighted by molar-refractivity contribution is 5.94. The number of benzene rings is 3. The van der Waals surface area contributed by atoms with Crippen LogP contribution >= 0.6 is 0 Å². The number of hydrogen-bond acceptors (Lipinski definition) is 5. The second-order valence-corrected chi connectivity index (χ2v) is 11.4. The van der Waals surface area contributed by atoms with E-state index < -0.39 is 0 Å². The van der Waals surface area contributed by atoms with Gasteiger partial charge in [0.1, 0.15) is 5.82 Å². The lowest BCUT2D eigenvalue weighted by Crippen LogP contribution is -2.48. The van der Waals surface area contributed by atoms with Gasteiger partial charge in [-0.25, -0.2) is 4.39 Å². The largest absolute Gasteiger partial charge is 0.348 e. The second kappa shape index (κ2) is 14.5. The molecule has 0 spiro atoms. The number of rotatable bonds is 12. The Hall–Kier alpha value is -3.10. The van der Waals surface area contributed by atoms with Crippen molar-refractivity contribution in [1.29, 1.82) is 0 Å². The highest BCUT2D eigenvalue weighted by atomic mass is 19.1. The van der Waals surface area contributed by atoms with E-state index in [0.29, 0.717) is 23.7 Å². The summed E-state index contributed by atoms with van der Waals surface area (Å²) in [4.78, 5) is 19.9. The van der Waals surface area contributed by atoms with Gasteiger partial charge in [-0.2, -0.15) is 0 Å². The fourth-order valence-corrected chi connectivity index (χ4v) is 5.30. The Balaban J connectivity index is 1.36. The Bertz CT molecular complexity index is 1260. The average Bonchev–Trinajstić information content (AvgIpc) is 2.92. The molecule has 1 atom stereocenters. The van der Waals surface area contributed by atoms with Gasteiger partial charge in [-0.3, -0.25) is 9.69 Å². The van der Waals surface area contributed by atoms with Crippen LogP contribution in [0.25, 0.3) is 11.1 Å². The van der Waals surface area contributed by atoms with Crippen molar-refractivity contribution in [2.75, 3.05) is 53.9 Å². The van der Waals surface area contributed by atoms with Gasteiger partial charge in [-0.1, -0.05) is 36.4 Å². The second-order valence-electron chi connectivity index (χ2n) is 11.4. The van der Waals surface area contributed by atoms with Crippen LogP contribution in [0.4, 0.5) is 4.39 Å². The summed E-state index contributed by atoms with van der Waals surface area (Å²) in [5.41, 5.74) is 5.20. The first kappa shape index (κ1) is 29.9.